The molecule has 1 aliphatic heterocycles. The van der Waals surface area contributed by atoms with Gasteiger partial charge in [-0.15, -0.1) is 24.3 Å². The van der Waals surface area contributed by atoms with Crippen molar-refractivity contribution in [2.75, 3.05) is 0 Å². The fourth-order valence-corrected chi connectivity index (χ4v) is 3.74. The number of ether oxygens (including phenoxy) is 1. The van der Waals surface area contributed by atoms with Crippen LogP contribution < -0.4 is 10.4 Å². The summed E-state index contributed by atoms with van der Waals surface area (Å²) in [6.45, 7) is 2.36. The minimum Gasteiger partial charge on any atom is -0.508 e. The van der Waals surface area contributed by atoms with Crippen LogP contribution in [0, 0.1) is 6.92 Å². The van der Waals surface area contributed by atoms with Crippen LogP contribution in [0.4, 0.5) is 0 Å². The summed E-state index contributed by atoms with van der Waals surface area (Å²) in [4.78, 5) is 24.5. The SMILES string of the molecule is Cc1ccc(S)cc1.O=COc1cc2oc(=O)c(-c3ccc(O)cc3)c-2ccc1SS. The summed E-state index contributed by atoms with van der Waals surface area (Å²) in [5.74, 6) is 0.652. The molecule has 0 amide bonds. The molecule has 0 spiro atoms. The predicted octanol–water partition coefficient (Wildman–Crippen LogP) is 5.87. The molecule has 8 heteroatoms. The summed E-state index contributed by atoms with van der Waals surface area (Å²) in [5, 5.41) is 9.38. The van der Waals surface area contributed by atoms with Crippen molar-refractivity contribution in [1.82, 2.24) is 0 Å². The first-order chi connectivity index (χ1) is 14.9. The summed E-state index contributed by atoms with van der Waals surface area (Å²) in [5.41, 5.74) is 2.35. The highest BCUT2D eigenvalue weighted by atomic mass is 33.1. The van der Waals surface area contributed by atoms with Crippen molar-refractivity contribution >= 4 is 41.6 Å². The van der Waals surface area contributed by atoms with Crippen molar-refractivity contribution < 1.29 is 19.1 Å². The fraction of sp³-hybridized carbons (Fsp3) is 0.0435. The lowest BCUT2D eigenvalue weighted by Gasteiger charge is -1.99. The fourth-order valence-electron chi connectivity index (χ4n) is 2.81. The summed E-state index contributed by atoms with van der Waals surface area (Å²) in [6.07, 6.45) is 0. The van der Waals surface area contributed by atoms with E-state index in [9.17, 15) is 14.7 Å². The maximum absolute atomic E-state index is 12.2. The van der Waals surface area contributed by atoms with E-state index in [0.717, 1.165) is 15.7 Å². The zero-order valence-electron chi connectivity index (χ0n) is 16.3. The number of fused-ring (bicyclic) bond motifs is 1. The van der Waals surface area contributed by atoms with E-state index in [2.05, 4.69) is 31.2 Å². The Balaban J connectivity index is 0.000000287. The second-order valence-electron chi connectivity index (χ2n) is 6.44. The maximum atomic E-state index is 12.2. The van der Waals surface area contributed by atoms with Gasteiger partial charge in [-0.3, -0.25) is 4.79 Å². The molecule has 0 aromatic heterocycles. The molecule has 31 heavy (non-hydrogen) atoms. The highest BCUT2D eigenvalue weighted by Crippen LogP contribution is 2.38. The van der Waals surface area contributed by atoms with Gasteiger partial charge in [-0.05, 0) is 48.9 Å². The van der Waals surface area contributed by atoms with Crippen molar-refractivity contribution in [3.05, 3.63) is 82.7 Å². The number of thiol groups is 2. The van der Waals surface area contributed by atoms with Crippen LogP contribution in [0.25, 0.3) is 22.5 Å². The summed E-state index contributed by atoms with van der Waals surface area (Å²) in [6, 6.07) is 19.2. The standard InChI is InChI=1S/C16H10O5S2.C7H8S/c17-8-20-13-7-12-11(5-6-14(13)23-22)15(16(19)21-12)9-1-3-10(18)4-2-9;1-6-2-4-7(8)5-3-6/h1-8,18,22H;2-5,8H,1H3. The first-order valence-electron chi connectivity index (χ1n) is 9.00. The van der Waals surface area contributed by atoms with Crippen LogP contribution in [0.15, 0.2) is 85.7 Å². The van der Waals surface area contributed by atoms with E-state index in [4.69, 9.17) is 9.15 Å². The first kappa shape index (κ1) is 22.9. The average molecular weight is 471 g/mol. The van der Waals surface area contributed by atoms with Crippen LogP contribution in [-0.2, 0) is 4.79 Å². The molecule has 1 N–H and O–H groups in total. The lowest BCUT2D eigenvalue weighted by Crippen LogP contribution is -1.95. The molecule has 5 nitrogen and oxygen atoms in total. The molecule has 158 valence electrons. The van der Waals surface area contributed by atoms with Crippen LogP contribution in [0.2, 0.25) is 0 Å². The summed E-state index contributed by atoms with van der Waals surface area (Å²) >= 11 is 8.25. The molecule has 0 bridgehead atoms. The third kappa shape index (κ3) is 5.66. The number of carbonyl (C=O) groups excluding carboxylic acids is 1. The summed E-state index contributed by atoms with van der Waals surface area (Å²) < 4.78 is 10.2. The van der Waals surface area contributed by atoms with Gasteiger partial charge in [0, 0.05) is 16.5 Å². The van der Waals surface area contributed by atoms with E-state index < -0.39 is 5.63 Å². The highest BCUT2D eigenvalue weighted by molar-refractivity contribution is 8.68. The summed E-state index contributed by atoms with van der Waals surface area (Å²) in [7, 11) is 1.11. The monoisotopic (exact) mass is 470 g/mol. The lowest BCUT2D eigenvalue weighted by molar-refractivity contribution is -0.120. The van der Waals surface area contributed by atoms with E-state index in [1.54, 1.807) is 24.3 Å². The van der Waals surface area contributed by atoms with E-state index in [1.807, 2.05) is 24.3 Å². The minimum absolute atomic E-state index is 0.106. The Kier molecular flexibility index (Phi) is 7.73. The number of phenolic OH excluding ortho intramolecular Hbond substituents is 1. The van der Waals surface area contributed by atoms with Crippen LogP contribution in [0.3, 0.4) is 0 Å². The smallest absolute Gasteiger partial charge is 0.344 e. The number of aryl methyl sites for hydroxylation is 1. The van der Waals surface area contributed by atoms with Gasteiger partial charge in [0.15, 0.2) is 0 Å². The van der Waals surface area contributed by atoms with Crippen LogP contribution in [0.5, 0.6) is 11.5 Å². The maximum Gasteiger partial charge on any atom is 0.344 e. The van der Waals surface area contributed by atoms with E-state index >= 15 is 0 Å². The largest absolute Gasteiger partial charge is 0.508 e. The Bertz CT molecular complexity index is 1180. The molecular weight excluding hydrogens is 452 g/mol. The molecule has 0 saturated carbocycles. The molecule has 2 aromatic carbocycles. The zero-order valence-corrected chi connectivity index (χ0v) is 18.9. The van der Waals surface area contributed by atoms with Crippen molar-refractivity contribution in [3.63, 3.8) is 0 Å². The molecule has 4 rings (SSSR count). The van der Waals surface area contributed by atoms with E-state index in [1.165, 1.54) is 23.8 Å². The molecule has 0 fully saturated rings. The topological polar surface area (TPSA) is 76.7 Å². The van der Waals surface area contributed by atoms with E-state index in [0.29, 0.717) is 33.8 Å². The van der Waals surface area contributed by atoms with Crippen LogP contribution >= 0.6 is 35.1 Å². The number of benzene rings is 2. The normalized spacial score (nSPS) is 10.3. The second-order valence-corrected chi connectivity index (χ2v) is 8.12. The van der Waals surface area contributed by atoms with Gasteiger partial charge in [0.1, 0.15) is 17.3 Å². The molecular formula is C23H18O5S3. The van der Waals surface area contributed by atoms with Crippen LogP contribution in [0.1, 0.15) is 5.56 Å². The Morgan fingerprint density at radius 1 is 1.03 bits per heavy atom. The van der Waals surface area contributed by atoms with Gasteiger partial charge < -0.3 is 14.3 Å². The van der Waals surface area contributed by atoms with Gasteiger partial charge in [-0.25, -0.2) is 4.79 Å². The first-order valence-corrected chi connectivity index (χ1v) is 11.3. The van der Waals surface area contributed by atoms with Gasteiger partial charge in [-0.2, -0.15) is 0 Å². The van der Waals surface area contributed by atoms with Crippen LogP contribution in [-0.4, -0.2) is 11.6 Å². The van der Waals surface area contributed by atoms with Gasteiger partial charge >= 0.3 is 5.63 Å². The lowest BCUT2D eigenvalue weighted by atomic mass is 10.0. The van der Waals surface area contributed by atoms with Gasteiger partial charge in [0.25, 0.3) is 6.47 Å². The molecule has 1 aliphatic carbocycles. The zero-order chi connectivity index (χ0) is 22.4. The Morgan fingerprint density at radius 3 is 2.29 bits per heavy atom. The second kappa shape index (κ2) is 10.5. The Hall–Kier alpha value is -2.81. The van der Waals surface area contributed by atoms with E-state index in [-0.39, 0.29) is 11.5 Å². The number of phenols is 1. The molecule has 2 aromatic rings. The number of carbonyl (C=O) groups is 1. The highest BCUT2D eigenvalue weighted by Gasteiger charge is 2.20. The Morgan fingerprint density at radius 2 is 1.71 bits per heavy atom. The molecule has 0 atom stereocenters. The molecule has 1 heterocycles. The number of aromatic hydroxyl groups is 1. The minimum atomic E-state index is -0.506. The molecule has 0 saturated heterocycles. The number of hydrogen-bond donors (Lipinski definition) is 3. The van der Waals surface area contributed by atoms with Crippen molar-refractivity contribution in [2.24, 2.45) is 0 Å². The van der Waals surface area contributed by atoms with Crippen molar-refractivity contribution in [3.8, 4) is 33.9 Å². The quantitative estimate of drug-likeness (QED) is 0.197. The molecule has 0 radical (unpaired) electrons. The predicted molar refractivity (Wildman–Crippen MR) is 129 cm³/mol. The number of hydrogen-bond acceptors (Lipinski definition) is 8. The number of rotatable bonds is 4. The van der Waals surface area contributed by atoms with Gasteiger partial charge in [0.2, 0.25) is 0 Å². The van der Waals surface area contributed by atoms with Crippen molar-refractivity contribution in [1.29, 1.82) is 0 Å². The molecule has 2 aliphatic rings. The van der Waals surface area contributed by atoms with Gasteiger partial charge in [0.05, 0.1) is 10.5 Å². The third-order valence-corrected chi connectivity index (χ3v) is 5.73. The molecule has 0 unspecified atom stereocenters. The average Bonchev–Trinajstić information content (AvgIpc) is 2.96. The van der Waals surface area contributed by atoms with Gasteiger partial charge in [-0.1, -0.05) is 40.6 Å². The Labute approximate surface area is 193 Å². The van der Waals surface area contributed by atoms with Crippen molar-refractivity contribution in [2.45, 2.75) is 16.7 Å². The third-order valence-electron chi connectivity index (χ3n) is 4.31. The number of furan rings is 1.